The van der Waals surface area contributed by atoms with Gasteiger partial charge < -0.3 is 4.12 Å². The molecule has 0 amide bonds. The highest BCUT2D eigenvalue weighted by atomic mass is 28.3. The maximum Gasteiger partial charge on any atom is 0.167 e. The van der Waals surface area contributed by atoms with Crippen LogP contribution < -0.4 is 0 Å². The molecule has 1 rings (SSSR count). The lowest BCUT2D eigenvalue weighted by Crippen LogP contribution is -2.32. The molecule has 0 aromatic heterocycles. The number of rotatable bonds is 5. The van der Waals surface area contributed by atoms with Gasteiger partial charge in [0.05, 0.1) is 0 Å². The molecule has 0 aromatic rings. The van der Waals surface area contributed by atoms with Gasteiger partial charge in [0, 0.05) is 0 Å². The third kappa shape index (κ3) is 4.34. The first kappa shape index (κ1) is 14.5. The molecule has 1 aliphatic carbocycles. The molecule has 0 N–H and O–H groups in total. The minimum absolute atomic E-state index is 0.302. The minimum Gasteiger partial charge on any atom is -0.462 e. The summed E-state index contributed by atoms with van der Waals surface area (Å²) in [5, 5.41) is 0.632. The average Bonchev–Trinajstić information content (AvgIpc) is 2.17. The van der Waals surface area contributed by atoms with Crippen molar-refractivity contribution >= 4 is 18.8 Å². The fraction of sp³-hybridized carbons (Fsp3) is 1.00. The Bertz CT molecular complexity index is 190. The van der Waals surface area contributed by atoms with Crippen LogP contribution in [0.1, 0.15) is 66.7 Å². The molecule has 0 aromatic carbocycles. The number of hydrogen-bond donors (Lipinski definition) is 0. The first-order valence-corrected chi connectivity index (χ1v) is 10.2. The third-order valence-corrected chi connectivity index (χ3v) is 10.2. The maximum absolute atomic E-state index is 6.49. The Morgan fingerprint density at radius 3 is 1.94 bits per heavy atom. The largest absolute Gasteiger partial charge is 0.462 e. The van der Waals surface area contributed by atoms with E-state index in [2.05, 4.69) is 34.6 Å². The fourth-order valence-corrected chi connectivity index (χ4v) is 10.8. The number of hydrogen-bond acceptors (Lipinski definition) is 1. The van der Waals surface area contributed by atoms with Gasteiger partial charge in [-0.1, -0.05) is 53.9 Å². The molecular weight excluding hydrogens is 228 g/mol. The van der Waals surface area contributed by atoms with Crippen molar-refractivity contribution in [2.24, 2.45) is 0 Å². The van der Waals surface area contributed by atoms with Gasteiger partial charge in [0.15, 0.2) is 18.8 Å². The standard InChI is InChI=1S/C13H30OSi2/c1-11(2)16(12(3)4)14-15-13(5)9-7-6-8-10-13/h11-12,16H,6-10,15H2,1-5H3. The zero-order valence-electron chi connectivity index (χ0n) is 11.9. The molecule has 0 atom stereocenters. The van der Waals surface area contributed by atoms with Gasteiger partial charge in [0.1, 0.15) is 0 Å². The molecule has 1 aliphatic rings. The van der Waals surface area contributed by atoms with E-state index >= 15 is 0 Å². The summed E-state index contributed by atoms with van der Waals surface area (Å²) >= 11 is 0. The van der Waals surface area contributed by atoms with Gasteiger partial charge in [0.25, 0.3) is 0 Å². The zero-order valence-corrected chi connectivity index (χ0v) is 14.5. The second kappa shape index (κ2) is 6.36. The lowest BCUT2D eigenvalue weighted by molar-refractivity contribution is 0.371. The summed E-state index contributed by atoms with van der Waals surface area (Å²) < 4.78 is 6.49. The van der Waals surface area contributed by atoms with E-state index in [-0.39, 0.29) is 9.76 Å². The van der Waals surface area contributed by atoms with Crippen molar-refractivity contribution in [3.05, 3.63) is 0 Å². The molecule has 0 unspecified atom stereocenters. The average molecular weight is 259 g/mol. The van der Waals surface area contributed by atoms with E-state index in [1.54, 1.807) is 0 Å². The zero-order chi connectivity index (χ0) is 12.2. The summed E-state index contributed by atoms with van der Waals surface area (Å²) in [5.74, 6) is 0. The van der Waals surface area contributed by atoms with Gasteiger partial charge in [-0.2, -0.15) is 0 Å². The second-order valence-electron chi connectivity index (χ2n) is 6.63. The molecule has 1 saturated carbocycles. The van der Waals surface area contributed by atoms with Crippen LogP contribution in [0, 0.1) is 0 Å². The van der Waals surface area contributed by atoms with Crippen molar-refractivity contribution in [3.8, 4) is 0 Å². The van der Waals surface area contributed by atoms with Crippen LogP contribution in [-0.4, -0.2) is 18.8 Å². The summed E-state index contributed by atoms with van der Waals surface area (Å²) in [6, 6.07) is 0. The van der Waals surface area contributed by atoms with E-state index in [0.717, 1.165) is 11.1 Å². The summed E-state index contributed by atoms with van der Waals surface area (Å²) in [6.45, 7) is 11.9. The van der Waals surface area contributed by atoms with Gasteiger partial charge in [-0.3, -0.25) is 0 Å². The molecular formula is C13H30OSi2. The van der Waals surface area contributed by atoms with Crippen LogP contribution in [0.15, 0.2) is 0 Å². The van der Waals surface area contributed by atoms with E-state index in [1.165, 1.54) is 32.1 Å². The van der Waals surface area contributed by atoms with Gasteiger partial charge in [-0.25, -0.2) is 0 Å². The van der Waals surface area contributed by atoms with Gasteiger partial charge in [0.2, 0.25) is 0 Å². The van der Waals surface area contributed by atoms with E-state index in [9.17, 15) is 0 Å². The highest BCUT2D eigenvalue weighted by molar-refractivity contribution is 6.61. The fourth-order valence-electron chi connectivity index (χ4n) is 3.00. The summed E-state index contributed by atoms with van der Waals surface area (Å²) in [6.07, 6.45) is 7.23. The molecule has 1 fully saturated rings. The van der Waals surface area contributed by atoms with Gasteiger partial charge in [-0.05, 0) is 29.0 Å². The van der Waals surface area contributed by atoms with Crippen molar-refractivity contribution in [1.29, 1.82) is 0 Å². The van der Waals surface area contributed by atoms with Crippen LogP contribution >= 0.6 is 0 Å². The van der Waals surface area contributed by atoms with E-state index in [0.29, 0.717) is 5.04 Å². The monoisotopic (exact) mass is 258 g/mol. The molecule has 0 spiro atoms. The molecule has 0 bridgehead atoms. The lowest BCUT2D eigenvalue weighted by atomic mass is 9.90. The molecule has 0 saturated heterocycles. The van der Waals surface area contributed by atoms with Crippen LogP contribution in [0.3, 0.4) is 0 Å². The summed E-state index contributed by atoms with van der Waals surface area (Å²) in [4.78, 5) is 0. The Balaban J connectivity index is 2.41. The predicted molar refractivity (Wildman–Crippen MR) is 78.4 cm³/mol. The second-order valence-corrected chi connectivity index (χ2v) is 13.6. The van der Waals surface area contributed by atoms with Crippen molar-refractivity contribution in [2.45, 2.75) is 82.8 Å². The van der Waals surface area contributed by atoms with Crippen molar-refractivity contribution < 1.29 is 4.12 Å². The van der Waals surface area contributed by atoms with E-state index in [1.807, 2.05) is 0 Å². The molecule has 96 valence electrons. The Morgan fingerprint density at radius 2 is 1.50 bits per heavy atom. The van der Waals surface area contributed by atoms with Crippen LogP contribution in [0.25, 0.3) is 0 Å². The van der Waals surface area contributed by atoms with E-state index < -0.39 is 9.04 Å². The lowest BCUT2D eigenvalue weighted by Gasteiger charge is -2.35. The minimum atomic E-state index is -0.933. The van der Waals surface area contributed by atoms with Crippen LogP contribution in [-0.2, 0) is 4.12 Å². The predicted octanol–water partition coefficient (Wildman–Crippen LogP) is 3.77. The SMILES string of the molecule is CC(C)[SiH](O[SiH2]C1(C)CCCCC1)C(C)C. The molecule has 0 radical (unpaired) electrons. The van der Waals surface area contributed by atoms with Crippen molar-refractivity contribution in [1.82, 2.24) is 0 Å². The van der Waals surface area contributed by atoms with Crippen LogP contribution in [0.5, 0.6) is 0 Å². The van der Waals surface area contributed by atoms with Crippen LogP contribution in [0.2, 0.25) is 16.1 Å². The normalized spacial score (nSPS) is 21.8. The van der Waals surface area contributed by atoms with E-state index in [4.69, 9.17) is 4.12 Å². The first-order valence-electron chi connectivity index (χ1n) is 7.06. The van der Waals surface area contributed by atoms with Crippen molar-refractivity contribution in [3.63, 3.8) is 0 Å². The highest BCUT2D eigenvalue weighted by Gasteiger charge is 2.30. The Kier molecular flexibility index (Phi) is 5.75. The van der Waals surface area contributed by atoms with Crippen LogP contribution in [0.4, 0.5) is 0 Å². The van der Waals surface area contributed by atoms with Gasteiger partial charge >= 0.3 is 0 Å². The maximum atomic E-state index is 6.49. The highest BCUT2D eigenvalue weighted by Crippen LogP contribution is 2.42. The Hall–Kier alpha value is 0.394. The Morgan fingerprint density at radius 1 is 1.00 bits per heavy atom. The quantitative estimate of drug-likeness (QED) is 0.682. The molecule has 3 heteroatoms. The van der Waals surface area contributed by atoms with Crippen molar-refractivity contribution in [2.75, 3.05) is 0 Å². The molecule has 0 aliphatic heterocycles. The summed E-state index contributed by atoms with van der Waals surface area (Å²) in [7, 11) is -1.24. The first-order chi connectivity index (χ1) is 7.44. The molecule has 1 nitrogen and oxygen atoms in total. The molecule has 0 heterocycles. The molecule has 16 heavy (non-hydrogen) atoms. The smallest absolute Gasteiger partial charge is 0.167 e. The Labute approximate surface area is 106 Å². The third-order valence-electron chi connectivity index (χ3n) is 4.00. The topological polar surface area (TPSA) is 9.23 Å². The van der Waals surface area contributed by atoms with Gasteiger partial charge in [-0.15, -0.1) is 0 Å². The summed E-state index contributed by atoms with van der Waals surface area (Å²) in [5.41, 5.74) is 1.61.